The number of hydrogen-bond donors (Lipinski definition) is 1. The summed E-state index contributed by atoms with van der Waals surface area (Å²) >= 11 is 5.85. The minimum Gasteiger partial charge on any atom is -0.480 e. The van der Waals surface area contributed by atoms with Crippen LogP contribution < -0.4 is 4.74 Å². The van der Waals surface area contributed by atoms with Gasteiger partial charge in [-0.2, -0.15) is 0 Å². The molecule has 1 unspecified atom stereocenters. The maximum absolute atomic E-state index is 12.1. The number of aromatic carboxylic acids is 1. The average molecular weight is 300 g/mol. The van der Waals surface area contributed by atoms with Crippen molar-refractivity contribution in [2.75, 3.05) is 13.1 Å². The number of carboxylic acid groups (broad SMARTS) is 1. The molecule has 0 aromatic heterocycles. The molecule has 0 spiro atoms. The number of halogens is 1. The van der Waals surface area contributed by atoms with Crippen LogP contribution >= 0.6 is 11.6 Å². The monoisotopic (exact) mass is 299 g/mol. The van der Waals surface area contributed by atoms with Gasteiger partial charge in [0, 0.05) is 13.1 Å². The van der Waals surface area contributed by atoms with E-state index in [1.165, 1.54) is 12.1 Å². The standard InChI is InChI=1S/C14H18ClNO4/c1-4-16(5-2)13(17)9(3)20-11-8-6-7-10(15)12(11)14(18)19/h6-9H,4-5H2,1-3H3,(H,18,19). The molecule has 0 fully saturated rings. The van der Waals surface area contributed by atoms with Gasteiger partial charge in [0.2, 0.25) is 0 Å². The first-order chi connectivity index (χ1) is 9.42. The van der Waals surface area contributed by atoms with Gasteiger partial charge in [0.15, 0.2) is 6.10 Å². The van der Waals surface area contributed by atoms with Crippen LogP contribution in [0, 0.1) is 0 Å². The van der Waals surface area contributed by atoms with Gasteiger partial charge in [-0.3, -0.25) is 4.79 Å². The van der Waals surface area contributed by atoms with Crippen LogP contribution in [0.2, 0.25) is 5.02 Å². The third kappa shape index (κ3) is 3.63. The fourth-order valence-corrected chi connectivity index (χ4v) is 2.09. The Hall–Kier alpha value is -1.75. The summed E-state index contributed by atoms with van der Waals surface area (Å²) in [6.07, 6.45) is -0.772. The Bertz CT molecular complexity index is 500. The van der Waals surface area contributed by atoms with Crippen molar-refractivity contribution in [1.29, 1.82) is 0 Å². The summed E-state index contributed by atoms with van der Waals surface area (Å²) in [5, 5.41) is 9.22. The van der Waals surface area contributed by atoms with Crippen molar-refractivity contribution in [2.24, 2.45) is 0 Å². The van der Waals surface area contributed by atoms with Crippen LogP contribution in [0.4, 0.5) is 0 Å². The number of carboxylic acids is 1. The molecule has 0 aliphatic rings. The molecule has 1 rings (SSSR count). The highest BCUT2D eigenvalue weighted by Crippen LogP contribution is 2.27. The normalized spacial score (nSPS) is 11.8. The topological polar surface area (TPSA) is 66.8 Å². The van der Waals surface area contributed by atoms with Crippen molar-refractivity contribution in [1.82, 2.24) is 4.90 Å². The Morgan fingerprint density at radius 3 is 2.45 bits per heavy atom. The van der Waals surface area contributed by atoms with Crippen molar-refractivity contribution in [3.8, 4) is 5.75 Å². The van der Waals surface area contributed by atoms with E-state index < -0.39 is 12.1 Å². The van der Waals surface area contributed by atoms with E-state index in [1.54, 1.807) is 17.9 Å². The van der Waals surface area contributed by atoms with Crippen LogP contribution in [0.5, 0.6) is 5.75 Å². The fourth-order valence-electron chi connectivity index (χ4n) is 1.84. The fraction of sp³-hybridized carbons (Fsp3) is 0.429. The lowest BCUT2D eigenvalue weighted by Gasteiger charge is -2.24. The maximum Gasteiger partial charge on any atom is 0.341 e. The number of rotatable bonds is 6. The van der Waals surface area contributed by atoms with Gasteiger partial charge < -0.3 is 14.7 Å². The van der Waals surface area contributed by atoms with Gasteiger partial charge in [0.25, 0.3) is 5.91 Å². The zero-order valence-corrected chi connectivity index (χ0v) is 12.5. The van der Waals surface area contributed by atoms with Crippen LogP contribution in [0.25, 0.3) is 0 Å². The minimum atomic E-state index is -1.19. The van der Waals surface area contributed by atoms with Gasteiger partial charge in [-0.05, 0) is 32.9 Å². The summed E-state index contributed by atoms with van der Waals surface area (Å²) in [6.45, 7) is 6.48. The van der Waals surface area contributed by atoms with E-state index in [1.807, 2.05) is 13.8 Å². The molecule has 0 radical (unpaired) electrons. The van der Waals surface area contributed by atoms with Gasteiger partial charge >= 0.3 is 5.97 Å². The molecule has 0 saturated carbocycles. The van der Waals surface area contributed by atoms with Crippen LogP contribution in [-0.2, 0) is 4.79 Å². The summed E-state index contributed by atoms with van der Waals surface area (Å²) in [6, 6.07) is 4.54. The maximum atomic E-state index is 12.1. The van der Waals surface area contributed by atoms with Gasteiger partial charge in [-0.15, -0.1) is 0 Å². The predicted molar refractivity (Wildman–Crippen MR) is 76.4 cm³/mol. The molecular formula is C14H18ClNO4. The number of amides is 1. The molecule has 6 heteroatoms. The van der Waals surface area contributed by atoms with Gasteiger partial charge in [-0.1, -0.05) is 17.7 Å². The highest BCUT2D eigenvalue weighted by atomic mass is 35.5. The number of hydrogen-bond acceptors (Lipinski definition) is 3. The molecular weight excluding hydrogens is 282 g/mol. The number of likely N-dealkylation sites (N-methyl/N-ethyl adjacent to an activating group) is 1. The Kier molecular flexibility index (Phi) is 5.82. The molecule has 0 saturated heterocycles. The van der Waals surface area contributed by atoms with Crippen LogP contribution in [-0.4, -0.2) is 41.1 Å². The summed E-state index contributed by atoms with van der Waals surface area (Å²) in [5.74, 6) is -1.28. The molecule has 20 heavy (non-hydrogen) atoms. The Labute approximate surface area is 123 Å². The average Bonchev–Trinajstić information content (AvgIpc) is 2.39. The molecule has 0 aliphatic carbocycles. The lowest BCUT2D eigenvalue weighted by molar-refractivity contribution is -0.137. The lowest BCUT2D eigenvalue weighted by Crippen LogP contribution is -2.40. The summed E-state index contributed by atoms with van der Waals surface area (Å²) in [7, 11) is 0. The summed E-state index contributed by atoms with van der Waals surface area (Å²) in [4.78, 5) is 24.9. The van der Waals surface area contributed by atoms with E-state index in [-0.39, 0.29) is 22.2 Å². The number of carbonyl (C=O) groups excluding carboxylic acids is 1. The van der Waals surface area contributed by atoms with E-state index in [9.17, 15) is 9.59 Å². The number of nitrogens with zero attached hydrogens (tertiary/aromatic N) is 1. The summed E-state index contributed by atoms with van der Waals surface area (Å²) in [5.41, 5.74) is -0.131. The van der Waals surface area contributed by atoms with Crippen molar-refractivity contribution >= 4 is 23.5 Å². The Morgan fingerprint density at radius 2 is 1.95 bits per heavy atom. The third-order valence-corrected chi connectivity index (χ3v) is 3.23. The van der Waals surface area contributed by atoms with E-state index in [2.05, 4.69) is 0 Å². The van der Waals surface area contributed by atoms with E-state index in [0.29, 0.717) is 13.1 Å². The van der Waals surface area contributed by atoms with E-state index in [0.717, 1.165) is 0 Å². The molecule has 1 N–H and O–H groups in total. The van der Waals surface area contributed by atoms with E-state index in [4.69, 9.17) is 21.4 Å². The molecule has 1 amide bonds. The number of carbonyl (C=O) groups is 2. The lowest BCUT2D eigenvalue weighted by atomic mass is 10.2. The molecule has 0 bridgehead atoms. The Morgan fingerprint density at radius 1 is 1.35 bits per heavy atom. The second-order valence-electron chi connectivity index (χ2n) is 4.19. The first-order valence-electron chi connectivity index (χ1n) is 6.39. The van der Waals surface area contributed by atoms with Crippen LogP contribution in [0.1, 0.15) is 31.1 Å². The smallest absolute Gasteiger partial charge is 0.341 e. The minimum absolute atomic E-state index is 0.0810. The highest BCUT2D eigenvalue weighted by molar-refractivity contribution is 6.33. The second-order valence-corrected chi connectivity index (χ2v) is 4.60. The largest absolute Gasteiger partial charge is 0.480 e. The molecule has 1 aromatic rings. The van der Waals surface area contributed by atoms with Gasteiger partial charge in [-0.25, -0.2) is 4.79 Å². The van der Waals surface area contributed by atoms with E-state index >= 15 is 0 Å². The first kappa shape index (κ1) is 16.3. The molecule has 1 aromatic carbocycles. The Balaban J connectivity index is 2.96. The first-order valence-corrected chi connectivity index (χ1v) is 6.77. The van der Waals surface area contributed by atoms with Crippen molar-refractivity contribution < 1.29 is 19.4 Å². The zero-order chi connectivity index (χ0) is 15.3. The molecule has 1 atom stereocenters. The molecule has 0 heterocycles. The zero-order valence-electron chi connectivity index (χ0n) is 11.7. The number of ether oxygens (including phenoxy) is 1. The quantitative estimate of drug-likeness (QED) is 0.877. The molecule has 5 nitrogen and oxygen atoms in total. The second kappa shape index (κ2) is 7.14. The SMILES string of the molecule is CCN(CC)C(=O)C(C)Oc1cccc(Cl)c1C(=O)O. The molecule has 110 valence electrons. The highest BCUT2D eigenvalue weighted by Gasteiger charge is 2.23. The molecule has 0 aliphatic heterocycles. The van der Waals surface area contributed by atoms with Crippen molar-refractivity contribution in [2.45, 2.75) is 26.9 Å². The van der Waals surface area contributed by atoms with Crippen molar-refractivity contribution in [3.63, 3.8) is 0 Å². The predicted octanol–water partition coefficient (Wildman–Crippen LogP) is 2.67. The number of benzene rings is 1. The third-order valence-electron chi connectivity index (χ3n) is 2.92. The van der Waals surface area contributed by atoms with Crippen molar-refractivity contribution in [3.05, 3.63) is 28.8 Å². The van der Waals surface area contributed by atoms with Crippen LogP contribution in [0.3, 0.4) is 0 Å². The summed E-state index contributed by atoms with van der Waals surface area (Å²) < 4.78 is 5.48. The van der Waals surface area contributed by atoms with Gasteiger partial charge in [0.05, 0.1) is 5.02 Å². The van der Waals surface area contributed by atoms with Gasteiger partial charge in [0.1, 0.15) is 11.3 Å². The van der Waals surface area contributed by atoms with Crippen LogP contribution in [0.15, 0.2) is 18.2 Å².